The number of hydrogen-bond donors (Lipinski definition) is 1. The molecule has 2 aromatic carbocycles. The van der Waals surface area contributed by atoms with Gasteiger partial charge in [0.15, 0.2) is 0 Å². The summed E-state index contributed by atoms with van der Waals surface area (Å²) in [5, 5.41) is 3.29. The van der Waals surface area contributed by atoms with Crippen LogP contribution in [0.1, 0.15) is 21.6 Å². The van der Waals surface area contributed by atoms with E-state index in [4.69, 9.17) is 4.74 Å². The maximum absolute atomic E-state index is 11.4. The first-order valence-corrected chi connectivity index (χ1v) is 8.29. The van der Waals surface area contributed by atoms with Crippen LogP contribution in [0.3, 0.4) is 0 Å². The van der Waals surface area contributed by atoms with Crippen LogP contribution in [0, 0.1) is 0 Å². The zero-order valence-corrected chi connectivity index (χ0v) is 14.5. The summed E-state index contributed by atoms with van der Waals surface area (Å²) in [5.74, 6) is 0.388. The smallest absolute Gasteiger partial charge is 0.356 e. The Kier molecular flexibility index (Phi) is 5.83. The Hall–Kier alpha value is -3.34. The number of hydrogen-bond acceptors (Lipinski definition) is 5. The van der Waals surface area contributed by atoms with Crippen LogP contribution in [0.15, 0.2) is 72.9 Å². The van der Waals surface area contributed by atoms with Crippen LogP contribution in [0.4, 0.5) is 5.69 Å². The Morgan fingerprint density at radius 1 is 1.00 bits per heavy atom. The number of pyridine rings is 1. The Morgan fingerprint density at radius 2 is 1.77 bits per heavy atom. The summed E-state index contributed by atoms with van der Waals surface area (Å²) in [6.45, 7) is 1.11. The molecule has 0 aliphatic rings. The van der Waals surface area contributed by atoms with Crippen LogP contribution in [-0.4, -0.2) is 18.1 Å². The number of carbonyl (C=O) groups is 1. The molecule has 0 bridgehead atoms. The summed E-state index contributed by atoms with van der Waals surface area (Å²) >= 11 is 0. The van der Waals surface area contributed by atoms with E-state index in [1.54, 1.807) is 18.3 Å². The van der Waals surface area contributed by atoms with Gasteiger partial charge >= 0.3 is 5.97 Å². The highest BCUT2D eigenvalue weighted by atomic mass is 16.5. The van der Waals surface area contributed by atoms with Gasteiger partial charge in [-0.25, -0.2) is 9.78 Å². The summed E-state index contributed by atoms with van der Waals surface area (Å²) in [6.07, 6.45) is 1.61. The van der Waals surface area contributed by atoms with Gasteiger partial charge in [0.25, 0.3) is 0 Å². The van der Waals surface area contributed by atoms with Crippen LogP contribution in [0.25, 0.3) is 0 Å². The highest BCUT2D eigenvalue weighted by molar-refractivity contribution is 5.87. The van der Waals surface area contributed by atoms with E-state index in [9.17, 15) is 4.79 Å². The molecule has 0 atom stereocenters. The number of aromatic nitrogens is 1. The van der Waals surface area contributed by atoms with E-state index in [2.05, 4.69) is 15.0 Å². The van der Waals surface area contributed by atoms with E-state index in [1.165, 1.54) is 7.11 Å². The number of esters is 1. The van der Waals surface area contributed by atoms with E-state index in [0.29, 0.717) is 13.2 Å². The molecule has 0 unspecified atom stereocenters. The van der Waals surface area contributed by atoms with Gasteiger partial charge in [0.1, 0.15) is 18.1 Å². The summed E-state index contributed by atoms with van der Waals surface area (Å²) in [4.78, 5) is 15.5. The first-order valence-electron chi connectivity index (χ1n) is 8.29. The van der Waals surface area contributed by atoms with Crippen LogP contribution in [0.5, 0.6) is 5.75 Å². The van der Waals surface area contributed by atoms with Gasteiger partial charge in [-0.2, -0.15) is 0 Å². The lowest BCUT2D eigenvalue weighted by Crippen LogP contribution is -2.06. The van der Waals surface area contributed by atoms with Crippen molar-refractivity contribution in [2.45, 2.75) is 13.2 Å². The molecule has 3 rings (SSSR count). The molecule has 0 aliphatic carbocycles. The summed E-state index contributed by atoms with van der Waals surface area (Å²) in [7, 11) is 1.34. The predicted molar refractivity (Wildman–Crippen MR) is 100 cm³/mol. The van der Waals surface area contributed by atoms with E-state index >= 15 is 0 Å². The fourth-order valence-corrected chi connectivity index (χ4v) is 2.45. The lowest BCUT2D eigenvalue weighted by molar-refractivity contribution is 0.0594. The van der Waals surface area contributed by atoms with Crippen LogP contribution in [-0.2, 0) is 17.9 Å². The number of para-hydroxylation sites is 1. The number of anilines is 1. The van der Waals surface area contributed by atoms with Crippen molar-refractivity contribution in [3.05, 3.63) is 89.7 Å². The molecule has 1 heterocycles. The molecule has 0 saturated heterocycles. The van der Waals surface area contributed by atoms with Crippen LogP contribution < -0.4 is 10.1 Å². The molecule has 0 amide bonds. The topological polar surface area (TPSA) is 60.5 Å². The van der Waals surface area contributed by atoms with Crippen molar-refractivity contribution in [3.8, 4) is 5.75 Å². The monoisotopic (exact) mass is 348 g/mol. The van der Waals surface area contributed by atoms with E-state index in [0.717, 1.165) is 22.6 Å². The maximum Gasteiger partial charge on any atom is 0.356 e. The van der Waals surface area contributed by atoms with Gasteiger partial charge in [-0.3, -0.25) is 0 Å². The third-order valence-corrected chi connectivity index (χ3v) is 3.85. The minimum absolute atomic E-state index is 0.282. The fourth-order valence-electron chi connectivity index (χ4n) is 2.45. The predicted octanol–water partition coefficient (Wildman–Crippen LogP) is 4.06. The Morgan fingerprint density at radius 3 is 2.50 bits per heavy atom. The van der Waals surface area contributed by atoms with Gasteiger partial charge in [0.2, 0.25) is 0 Å². The average molecular weight is 348 g/mol. The number of methoxy groups -OCH3 is 1. The molecule has 0 saturated carbocycles. The summed E-state index contributed by atoms with van der Waals surface area (Å²) < 4.78 is 10.6. The molecule has 1 aromatic heterocycles. The van der Waals surface area contributed by atoms with Gasteiger partial charge in [0, 0.05) is 12.1 Å². The molecule has 5 heteroatoms. The number of carbonyl (C=O) groups excluding carboxylic acids is 1. The van der Waals surface area contributed by atoms with E-state index < -0.39 is 5.97 Å². The maximum atomic E-state index is 11.4. The number of nitrogens with zero attached hydrogens (tertiary/aromatic N) is 1. The first-order chi connectivity index (χ1) is 12.8. The Bertz CT molecular complexity index is 849. The van der Waals surface area contributed by atoms with Crippen molar-refractivity contribution < 1.29 is 14.3 Å². The number of benzene rings is 2. The van der Waals surface area contributed by atoms with Crippen molar-refractivity contribution in [2.24, 2.45) is 0 Å². The van der Waals surface area contributed by atoms with Gasteiger partial charge in [0.05, 0.1) is 19.0 Å². The molecule has 0 aliphatic heterocycles. The standard InChI is InChI=1S/C21H20N2O3/c1-25-21(24)19-12-11-18(14-23-19)22-13-17-9-5-6-10-20(17)26-15-16-7-3-2-4-8-16/h2-12,14,22H,13,15H2,1H3. The number of ether oxygens (including phenoxy) is 2. The quantitative estimate of drug-likeness (QED) is 0.653. The molecular weight excluding hydrogens is 328 g/mol. The number of rotatable bonds is 7. The normalized spacial score (nSPS) is 10.2. The minimum atomic E-state index is -0.448. The summed E-state index contributed by atoms with van der Waals surface area (Å²) in [5.41, 5.74) is 3.26. The second-order valence-corrected chi connectivity index (χ2v) is 5.66. The van der Waals surface area contributed by atoms with Gasteiger partial charge < -0.3 is 14.8 Å². The van der Waals surface area contributed by atoms with Crippen molar-refractivity contribution in [1.82, 2.24) is 4.98 Å². The third-order valence-electron chi connectivity index (χ3n) is 3.85. The van der Waals surface area contributed by atoms with Gasteiger partial charge in [-0.05, 0) is 23.8 Å². The van der Waals surface area contributed by atoms with Crippen molar-refractivity contribution in [3.63, 3.8) is 0 Å². The second kappa shape index (κ2) is 8.67. The van der Waals surface area contributed by atoms with E-state index in [1.807, 2.05) is 54.6 Å². The molecular formula is C21H20N2O3. The Balaban J connectivity index is 1.62. The largest absolute Gasteiger partial charge is 0.489 e. The lowest BCUT2D eigenvalue weighted by Gasteiger charge is -2.13. The molecule has 1 N–H and O–H groups in total. The van der Waals surface area contributed by atoms with Crippen molar-refractivity contribution in [1.29, 1.82) is 0 Å². The highest BCUT2D eigenvalue weighted by Gasteiger charge is 2.07. The molecule has 0 fully saturated rings. The molecule has 0 spiro atoms. The van der Waals surface area contributed by atoms with Crippen molar-refractivity contribution >= 4 is 11.7 Å². The highest BCUT2D eigenvalue weighted by Crippen LogP contribution is 2.21. The molecule has 132 valence electrons. The fraction of sp³-hybridized carbons (Fsp3) is 0.143. The van der Waals surface area contributed by atoms with Gasteiger partial charge in [-0.15, -0.1) is 0 Å². The summed E-state index contributed by atoms with van der Waals surface area (Å²) in [6, 6.07) is 21.4. The lowest BCUT2D eigenvalue weighted by atomic mass is 10.2. The van der Waals surface area contributed by atoms with Crippen molar-refractivity contribution in [2.75, 3.05) is 12.4 Å². The first kappa shape index (κ1) is 17.5. The molecule has 3 aromatic rings. The minimum Gasteiger partial charge on any atom is -0.489 e. The van der Waals surface area contributed by atoms with Gasteiger partial charge in [-0.1, -0.05) is 48.5 Å². The number of nitrogens with one attached hydrogen (secondary N) is 1. The third kappa shape index (κ3) is 4.60. The van der Waals surface area contributed by atoms with Crippen LogP contribution in [0.2, 0.25) is 0 Å². The van der Waals surface area contributed by atoms with E-state index in [-0.39, 0.29) is 5.69 Å². The molecule has 0 radical (unpaired) electrons. The molecule has 5 nitrogen and oxygen atoms in total. The average Bonchev–Trinajstić information content (AvgIpc) is 2.72. The molecule has 26 heavy (non-hydrogen) atoms. The SMILES string of the molecule is COC(=O)c1ccc(NCc2ccccc2OCc2ccccc2)cn1. The van der Waals surface area contributed by atoms with Crippen LogP contribution >= 0.6 is 0 Å². The Labute approximate surface area is 152 Å². The zero-order chi connectivity index (χ0) is 18.2. The zero-order valence-electron chi connectivity index (χ0n) is 14.5. The second-order valence-electron chi connectivity index (χ2n) is 5.66.